The van der Waals surface area contributed by atoms with Crippen molar-refractivity contribution in [3.8, 4) is 0 Å². The summed E-state index contributed by atoms with van der Waals surface area (Å²) in [4.78, 5) is 5.71. The number of hydrogen-bond donors (Lipinski definition) is 1. The van der Waals surface area contributed by atoms with Crippen molar-refractivity contribution >= 4 is 17.2 Å². The van der Waals surface area contributed by atoms with Crippen LogP contribution in [0.4, 0.5) is 26.0 Å². The third-order valence-electron chi connectivity index (χ3n) is 2.73. The quantitative estimate of drug-likeness (QED) is 0.889. The molecule has 0 amide bonds. The van der Waals surface area contributed by atoms with Gasteiger partial charge in [0.05, 0.1) is 17.1 Å². The minimum Gasteiger partial charge on any atom is -0.397 e. The number of aryl methyl sites for hydroxylation is 1. The first-order valence-corrected chi connectivity index (χ1v) is 5.41. The number of pyridine rings is 1. The van der Waals surface area contributed by atoms with E-state index in [1.807, 2.05) is 0 Å². The monoisotopic (exact) mass is 249 g/mol. The fourth-order valence-corrected chi connectivity index (χ4v) is 1.61. The summed E-state index contributed by atoms with van der Waals surface area (Å²) in [6.07, 6.45) is 0. The Morgan fingerprint density at radius 2 is 1.89 bits per heavy atom. The van der Waals surface area contributed by atoms with Crippen LogP contribution in [-0.2, 0) is 0 Å². The molecule has 0 spiro atoms. The van der Waals surface area contributed by atoms with Gasteiger partial charge >= 0.3 is 0 Å². The maximum absolute atomic E-state index is 13.6. The molecule has 2 N–H and O–H groups in total. The molecule has 0 fully saturated rings. The third-order valence-corrected chi connectivity index (χ3v) is 2.73. The zero-order valence-electron chi connectivity index (χ0n) is 10.1. The molecule has 0 radical (unpaired) electrons. The van der Waals surface area contributed by atoms with Crippen molar-refractivity contribution in [3.63, 3.8) is 0 Å². The summed E-state index contributed by atoms with van der Waals surface area (Å²) in [6.45, 7) is 1.76. The van der Waals surface area contributed by atoms with Crippen LogP contribution in [0.25, 0.3) is 0 Å². The number of benzene rings is 1. The lowest BCUT2D eigenvalue weighted by Crippen LogP contribution is -2.14. The van der Waals surface area contributed by atoms with Gasteiger partial charge in [-0.1, -0.05) is 0 Å². The van der Waals surface area contributed by atoms with Gasteiger partial charge in [-0.25, -0.2) is 13.8 Å². The van der Waals surface area contributed by atoms with Gasteiger partial charge in [-0.2, -0.15) is 0 Å². The number of nitrogens with zero attached hydrogens (tertiary/aromatic N) is 2. The second-order valence-electron chi connectivity index (χ2n) is 4.00. The number of halogens is 2. The largest absolute Gasteiger partial charge is 0.397 e. The van der Waals surface area contributed by atoms with Crippen LogP contribution in [0, 0.1) is 18.6 Å². The van der Waals surface area contributed by atoms with E-state index in [0.717, 1.165) is 18.2 Å². The summed E-state index contributed by atoms with van der Waals surface area (Å²) in [5, 5.41) is 0. The van der Waals surface area contributed by atoms with Crippen LogP contribution in [0.15, 0.2) is 30.3 Å². The topological polar surface area (TPSA) is 42.2 Å². The van der Waals surface area contributed by atoms with Crippen molar-refractivity contribution in [2.75, 3.05) is 17.7 Å². The molecule has 3 nitrogen and oxygen atoms in total. The zero-order chi connectivity index (χ0) is 13.3. The summed E-state index contributed by atoms with van der Waals surface area (Å²) in [6, 6.07) is 6.64. The van der Waals surface area contributed by atoms with Crippen molar-refractivity contribution in [1.82, 2.24) is 4.98 Å². The number of nitrogen functional groups attached to an aromatic ring is 1. The molecular formula is C13H13F2N3. The van der Waals surface area contributed by atoms with E-state index in [1.165, 1.54) is 4.90 Å². The van der Waals surface area contributed by atoms with Crippen molar-refractivity contribution in [3.05, 3.63) is 47.7 Å². The maximum Gasteiger partial charge on any atom is 0.147 e. The van der Waals surface area contributed by atoms with Gasteiger partial charge in [-0.15, -0.1) is 0 Å². The van der Waals surface area contributed by atoms with Crippen LogP contribution in [-0.4, -0.2) is 12.0 Å². The summed E-state index contributed by atoms with van der Waals surface area (Å²) in [7, 11) is 1.62. The van der Waals surface area contributed by atoms with Crippen molar-refractivity contribution in [2.24, 2.45) is 0 Å². The van der Waals surface area contributed by atoms with Gasteiger partial charge in [0.15, 0.2) is 0 Å². The minimum atomic E-state index is -0.504. The van der Waals surface area contributed by atoms with E-state index >= 15 is 0 Å². The van der Waals surface area contributed by atoms with E-state index in [-0.39, 0.29) is 5.69 Å². The molecule has 18 heavy (non-hydrogen) atoms. The Bertz CT molecular complexity index is 584. The first kappa shape index (κ1) is 12.3. The molecule has 1 heterocycles. The first-order valence-electron chi connectivity index (χ1n) is 5.41. The Morgan fingerprint density at radius 1 is 1.17 bits per heavy atom. The van der Waals surface area contributed by atoms with Crippen molar-refractivity contribution in [2.45, 2.75) is 6.92 Å². The number of hydrogen-bond acceptors (Lipinski definition) is 3. The molecule has 2 aromatic rings. The molecule has 0 aliphatic carbocycles. The Hall–Kier alpha value is -2.17. The van der Waals surface area contributed by atoms with E-state index < -0.39 is 11.6 Å². The van der Waals surface area contributed by atoms with Gasteiger partial charge in [-0.05, 0) is 31.2 Å². The standard InChI is InChI=1S/C13H13F2N3/c1-8-11(16)5-6-13(17-8)18(2)12-7-9(14)3-4-10(12)15/h3-7H,16H2,1-2H3. The number of nitrogens with two attached hydrogens (primary N) is 1. The van der Waals surface area contributed by atoms with Gasteiger partial charge < -0.3 is 10.6 Å². The van der Waals surface area contributed by atoms with Crippen LogP contribution in [0.2, 0.25) is 0 Å². The van der Waals surface area contributed by atoms with Gasteiger partial charge in [-0.3, -0.25) is 0 Å². The van der Waals surface area contributed by atoms with Crippen molar-refractivity contribution in [1.29, 1.82) is 0 Å². The van der Waals surface area contributed by atoms with E-state index in [2.05, 4.69) is 4.98 Å². The Morgan fingerprint density at radius 3 is 2.56 bits per heavy atom. The van der Waals surface area contributed by atoms with Crippen LogP contribution < -0.4 is 10.6 Å². The highest BCUT2D eigenvalue weighted by Crippen LogP contribution is 2.26. The Kier molecular flexibility index (Phi) is 3.14. The Balaban J connectivity index is 2.44. The molecule has 1 aromatic heterocycles. The fraction of sp³-hybridized carbons (Fsp3) is 0.154. The molecule has 0 bridgehead atoms. The maximum atomic E-state index is 13.6. The predicted octanol–water partition coefficient (Wildman–Crippen LogP) is 3.02. The first-order chi connectivity index (χ1) is 8.49. The van der Waals surface area contributed by atoms with E-state index in [1.54, 1.807) is 26.1 Å². The summed E-state index contributed by atoms with van der Waals surface area (Å²) < 4.78 is 26.8. The van der Waals surface area contributed by atoms with E-state index in [4.69, 9.17) is 5.73 Å². The highest BCUT2D eigenvalue weighted by molar-refractivity contribution is 5.61. The van der Waals surface area contributed by atoms with Gasteiger partial charge in [0.25, 0.3) is 0 Å². The molecule has 0 atom stereocenters. The van der Waals surface area contributed by atoms with E-state index in [0.29, 0.717) is 17.2 Å². The smallest absolute Gasteiger partial charge is 0.147 e. The second-order valence-corrected chi connectivity index (χ2v) is 4.00. The molecule has 1 aromatic carbocycles. The molecule has 2 rings (SSSR count). The average Bonchev–Trinajstić information content (AvgIpc) is 2.35. The van der Waals surface area contributed by atoms with Crippen LogP contribution >= 0.6 is 0 Å². The van der Waals surface area contributed by atoms with Crippen LogP contribution in [0.5, 0.6) is 0 Å². The Labute approximate surface area is 104 Å². The molecule has 0 aliphatic rings. The molecule has 5 heteroatoms. The normalized spacial score (nSPS) is 10.4. The molecule has 0 unspecified atom stereocenters. The molecule has 0 saturated heterocycles. The van der Waals surface area contributed by atoms with Gasteiger partial charge in [0, 0.05) is 13.1 Å². The molecule has 94 valence electrons. The highest BCUT2D eigenvalue weighted by Gasteiger charge is 2.12. The SMILES string of the molecule is Cc1nc(N(C)c2cc(F)ccc2F)ccc1N. The minimum absolute atomic E-state index is 0.131. The molecular weight excluding hydrogens is 236 g/mol. The molecule has 0 saturated carbocycles. The summed E-state index contributed by atoms with van der Waals surface area (Å²) in [5.74, 6) is -0.494. The highest BCUT2D eigenvalue weighted by atomic mass is 19.1. The van der Waals surface area contributed by atoms with Crippen LogP contribution in [0.1, 0.15) is 5.69 Å². The number of aromatic nitrogens is 1. The third kappa shape index (κ3) is 2.25. The number of rotatable bonds is 2. The van der Waals surface area contributed by atoms with Gasteiger partial charge in [0.1, 0.15) is 17.5 Å². The second kappa shape index (κ2) is 4.60. The van der Waals surface area contributed by atoms with Crippen LogP contribution in [0.3, 0.4) is 0 Å². The lowest BCUT2D eigenvalue weighted by Gasteiger charge is -2.19. The van der Waals surface area contributed by atoms with Gasteiger partial charge in [0.2, 0.25) is 0 Å². The zero-order valence-corrected chi connectivity index (χ0v) is 10.1. The predicted molar refractivity (Wildman–Crippen MR) is 67.8 cm³/mol. The summed E-state index contributed by atoms with van der Waals surface area (Å²) in [5.41, 5.74) is 7.01. The lowest BCUT2D eigenvalue weighted by atomic mass is 10.2. The average molecular weight is 249 g/mol. The van der Waals surface area contributed by atoms with E-state index in [9.17, 15) is 8.78 Å². The lowest BCUT2D eigenvalue weighted by molar-refractivity contribution is 0.600. The molecule has 0 aliphatic heterocycles. The number of anilines is 3. The van der Waals surface area contributed by atoms with Crippen molar-refractivity contribution < 1.29 is 8.78 Å². The summed E-state index contributed by atoms with van der Waals surface area (Å²) >= 11 is 0. The fourth-order valence-electron chi connectivity index (χ4n) is 1.61.